The fourth-order valence-corrected chi connectivity index (χ4v) is 5.14. The number of hydrogen-bond acceptors (Lipinski definition) is 4. The third kappa shape index (κ3) is 5.49. The predicted octanol–water partition coefficient (Wildman–Crippen LogP) is 5.04. The lowest BCUT2D eigenvalue weighted by Gasteiger charge is -2.35. The molecular weight excluding hydrogens is 439 g/mol. The molecule has 1 aliphatic heterocycles. The van der Waals surface area contributed by atoms with E-state index in [2.05, 4.69) is 5.32 Å². The molecular formula is C26H27FN2O3S. The van der Waals surface area contributed by atoms with Crippen LogP contribution in [-0.2, 0) is 11.3 Å². The van der Waals surface area contributed by atoms with E-state index >= 15 is 0 Å². The van der Waals surface area contributed by atoms with E-state index in [0.717, 1.165) is 21.6 Å². The van der Waals surface area contributed by atoms with Crippen LogP contribution in [0.25, 0.3) is 10.4 Å². The number of nitrogens with one attached hydrogen (secondary N) is 1. The molecule has 1 saturated heterocycles. The Morgan fingerprint density at radius 1 is 1.06 bits per heavy atom. The molecule has 2 atom stereocenters. The first-order valence-corrected chi connectivity index (χ1v) is 11.8. The summed E-state index contributed by atoms with van der Waals surface area (Å²) in [6.45, 7) is 7.42. The minimum absolute atomic E-state index is 0.00466. The quantitative estimate of drug-likeness (QED) is 0.573. The van der Waals surface area contributed by atoms with Gasteiger partial charge in [-0.3, -0.25) is 9.59 Å². The molecule has 1 aliphatic rings. The SMILES string of the molecule is Cc1cc(C(=O)NCc2ccc(C(=O)N3CC(C)OC(C)C3)cc2)sc1-c1ccc(F)cc1. The highest BCUT2D eigenvalue weighted by molar-refractivity contribution is 7.17. The van der Waals surface area contributed by atoms with Crippen LogP contribution in [0.2, 0.25) is 0 Å². The largest absolute Gasteiger partial charge is 0.372 e. The number of nitrogens with zero attached hydrogens (tertiary/aromatic N) is 1. The molecule has 5 nitrogen and oxygen atoms in total. The number of benzene rings is 2. The lowest BCUT2D eigenvalue weighted by Crippen LogP contribution is -2.48. The van der Waals surface area contributed by atoms with Gasteiger partial charge in [0.1, 0.15) is 5.82 Å². The van der Waals surface area contributed by atoms with Crippen LogP contribution in [0.15, 0.2) is 54.6 Å². The zero-order valence-electron chi connectivity index (χ0n) is 18.9. The van der Waals surface area contributed by atoms with Crippen molar-refractivity contribution in [2.45, 2.75) is 39.5 Å². The van der Waals surface area contributed by atoms with Gasteiger partial charge in [0.15, 0.2) is 0 Å². The van der Waals surface area contributed by atoms with E-state index in [9.17, 15) is 14.0 Å². The molecule has 2 aromatic carbocycles. The van der Waals surface area contributed by atoms with Crippen LogP contribution < -0.4 is 5.32 Å². The molecule has 1 fully saturated rings. The number of ether oxygens (including phenoxy) is 1. The first-order chi connectivity index (χ1) is 15.8. The molecule has 0 saturated carbocycles. The molecule has 4 rings (SSSR count). The predicted molar refractivity (Wildman–Crippen MR) is 128 cm³/mol. The Morgan fingerprint density at radius 3 is 2.33 bits per heavy atom. The number of halogens is 1. The molecule has 0 spiro atoms. The van der Waals surface area contributed by atoms with Crippen LogP contribution in [-0.4, -0.2) is 42.0 Å². The normalized spacial score (nSPS) is 18.2. The number of aryl methyl sites for hydroxylation is 1. The van der Waals surface area contributed by atoms with E-state index in [0.29, 0.717) is 30.1 Å². The summed E-state index contributed by atoms with van der Waals surface area (Å²) in [5, 5.41) is 2.94. The Morgan fingerprint density at radius 2 is 1.70 bits per heavy atom. The van der Waals surface area contributed by atoms with Crippen LogP contribution in [0.4, 0.5) is 4.39 Å². The number of rotatable bonds is 5. The van der Waals surface area contributed by atoms with Gasteiger partial charge in [-0.2, -0.15) is 0 Å². The third-order valence-corrected chi connectivity index (χ3v) is 6.89. The summed E-state index contributed by atoms with van der Waals surface area (Å²) in [5.41, 5.74) is 3.41. The highest BCUT2D eigenvalue weighted by atomic mass is 32.1. The van der Waals surface area contributed by atoms with E-state index < -0.39 is 0 Å². The maximum atomic E-state index is 13.2. The van der Waals surface area contributed by atoms with E-state index in [1.54, 1.807) is 24.3 Å². The highest BCUT2D eigenvalue weighted by Crippen LogP contribution is 2.32. The van der Waals surface area contributed by atoms with Crippen molar-refractivity contribution in [1.82, 2.24) is 10.2 Å². The van der Waals surface area contributed by atoms with Crippen molar-refractivity contribution in [3.8, 4) is 10.4 Å². The van der Waals surface area contributed by atoms with Crippen molar-refractivity contribution in [2.24, 2.45) is 0 Å². The van der Waals surface area contributed by atoms with Gasteiger partial charge in [0.05, 0.1) is 17.1 Å². The first-order valence-electron chi connectivity index (χ1n) is 11.0. The molecule has 0 bridgehead atoms. The van der Waals surface area contributed by atoms with Gasteiger partial charge in [-0.25, -0.2) is 4.39 Å². The maximum Gasteiger partial charge on any atom is 0.261 e. The van der Waals surface area contributed by atoms with Crippen LogP contribution in [0, 0.1) is 12.7 Å². The van der Waals surface area contributed by atoms with E-state index in [4.69, 9.17) is 4.74 Å². The van der Waals surface area contributed by atoms with Crippen molar-refractivity contribution in [3.63, 3.8) is 0 Å². The van der Waals surface area contributed by atoms with Gasteiger partial charge in [-0.15, -0.1) is 11.3 Å². The number of carbonyl (C=O) groups is 2. The first kappa shape index (κ1) is 23.1. The third-order valence-electron chi connectivity index (χ3n) is 5.61. The summed E-state index contributed by atoms with van der Waals surface area (Å²) in [6, 6.07) is 15.5. The van der Waals surface area contributed by atoms with Crippen LogP contribution in [0.5, 0.6) is 0 Å². The number of carbonyl (C=O) groups excluding carboxylic acids is 2. The Bertz CT molecular complexity index is 1130. The number of morpholine rings is 1. The Labute approximate surface area is 197 Å². The number of amides is 2. The zero-order valence-corrected chi connectivity index (χ0v) is 19.7. The van der Waals surface area contributed by atoms with Crippen LogP contribution >= 0.6 is 11.3 Å². The molecule has 1 aromatic heterocycles. The molecule has 172 valence electrons. The smallest absolute Gasteiger partial charge is 0.261 e. The lowest BCUT2D eigenvalue weighted by atomic mass is 10.1. The highest BCUT2D eigenvalue weighted by Gasteiger charge is 2.26. The number of hydrogen-bond donors (Lipinski definition) is 1. The summed E-state index contributed by atoms with van der Waals surface area (Å²) in [7, 11) is 0. The van der Waals surface area contributed by atoms with Crippen molar-refractivity contribution in [2.75, 3.05) is 13.1 Å². The Kier molecular flexibility index (Phi) is 6.91. The summed E-state index contributed by atoms with van der Waals surface area (Å²) in [5.74, 6) is -0.449. The molecule has 0 radical (unpaired) electrons. The second kappa shape index (κ2) is 9.85. The molecule has 2 heterocycles. The summed E-state index contributed by atoms with van der Waals surface area (Å²) in [4.78, 5) is 28.9. The van der Waals surface area contributed by atoms with Crippen LogP contribution in [0.3, 0.4) is 0 Å². The standard InChI is InChI=1S/C26H27FN2O3S/c1-16-12-23(33-24(16)20-8-10-22(27)11-9-20)25(30)28-13-19-4-6-21(7-5-19)26(31)29-14-17(2)32-18(3)15-29/h4-12,17-18H,13-15H2,1-3H3,(H,28,30). The molecule has 7 heteroatoms. The lowest BCUT2D eigenvalue weighted by molar-refractivity contribution is -0.0586. The average Bonchev–Trinajstić information content (AvgIpc) is 3.19. The summed E-state index contributed by atoms with van der Waals surface area (Å²) < 4.78 is 18.9. The Balaban J connectivity index is 1.36. The minimum Gasteiger partial charge on any atom is -0.372 e. The van der Waals surface area contributed by atoms with E-state index in [1.807, 2.05) is 43.9 Å². The van der Waals surface area contributed by atoms with Crippen molar-refractivity contribution < 1.29 is 18.7 Å². The second-order valence-electron chi connectivity index (χ2n) is 8.48. The van der Waals surface area contributed by atoms with Gasteiger partial charge in [-0.05, 0) is 67.8 Å². The van der Waals surface area contributed by atoms with E-state index in [1.165, 1.54) is 23.5 Å². The van der Waals surface area contributed by atoms with Gasteiger partial charge in [0.2, 0.25) is 0 Å². The maximum absolute atomic E-state index is 13.2. The van der Waals surface area contributed by atoms with Crippen molar-refractivity contribution >= 4 is 23.2 Å². The summed E-state index contributed by atoms with van der Waals surface area (Å²) in [6.07, 6.45) is 0.0493. The van der Waals surface area contributed by atoms with Crippen molar-refractivity contribution in [1.29, 1.82) is 0 Å². The van der Waals surface area contributed by atoms with Gasteiger partial charge in [-0.1, -0.05) is 24.3 Å². The Hall–Kier alpha value is -3.03. The van der Waals surface area contributed by atoms with Gasteiger partial charge in [0, 0.05) is 30.1 Å². The molecule has 3 aromatic rings. The molecule has 2 unspecified atom stereocenters. The molecule has 0 aliphatic carbocycles. The molecule has 33 heavy (non-hydrogen) atoms. The topological polar surface area (TPSA) is 58.6 Å². The van der Waals surface area contributed by atoms with Gasteiger partial charge < -0.3 is 15.0 Å². The van der Waals surface area contributed by atoms with Crippen molar-refractivity contribution in [3.05, 3.63) is 82.0 Å². The van der Waals surface area contributed by atoms with Crippen LogP contribution in [0.1, 0.15) is 45.0 Å². The van der Waals surface area contributed by atoms with Gasteiger partial charge in [0.25, 0.3) is 11.8 Å². The summed E-state index contributed by atoms with van der Waals surface area (Å²) >= 11 is 1.39. The average molecular weight is 467 g/mol. The molecule has 2 amide bonds. The van der Waals surface area contributed by atoms with Gasteiger partial charge >= 0.3 is 0 Å². The fraction of sp³-hybridized carbons (Fsp3) is 0.308. The molecule has 1 N–H and O–H groups in total. The second-order valence-corrected chi connectivity index (χ2v) is 9.53. The zero-order chi connectivity index (χ0) is 23.5. The minimum atomic E-state index is -0.285. The van der Waals surface area contributed by atoms with E-state index in [-0.39, 0.29) is 29.8 Å². The number of thiophene rings is 1. The fourth-order valence-electron chi connectivity index (χ4n) is 4.04. The monoisotopic (exact) mass is 466 g/mol.